The van der Waals surface area contributed by atoms with Crippen LogP contribution in [0.4, 0.5) is 0 Å². The fourth-order valence-corrected chi connectivity index (χ4v) is 4.44. The van der Waals surface area contributed by atoms with Gasteiger partial charge >= 0.3 is 0 Å². The zero-order chi connectivity index (χ0) is 20.2. The minimum absolute atomic E-state index is 0.147. The van der Waals surface area contributed by atoms with E-state index in [4.69, 9.17) is 23.2 Å². The average Bonchev–Trinajstić information content (AvgIpc) is 3.17. The number of rotatable bonds is 5. The lowest BCUT2D eigenvalue weighted by molar-refractivity contribution is -0.129. The Kier molecular flexibility index (Phi) is 6.43. The van der Waals surface area contributed by atoms with Gasteiger partial charge in [-0.15, -0.1) is 10.2 Å². The molecule has 8 heteroatoms. The molecule has 0 aliphatic carbocycles. The molecule has 0 bridgehead atoms. The molecule has 4 rings (SSSR count). The Morgan fingerprint density at radius 3 is 2.17 bits per heavy atom. The zero-order valence-electron chi connectivity index (χ0n) is 15.7. The number of likely N-dealkylation sites (tertiary alicyclic amines) is 1. The maximum absolute atomic E-state index is 12.6. The summed E-state index contributed by atoms with van der Waals surface area (Å²) in [4.78, 5) is 14.5. The minimum atomic E-state index is 0.147. The van der Waals surface area contributed by atoms with E-state index in [0.717, 1.165) is 37.2 Å². The molecule has 2 aromatic carbocycles. The zero-order valence-corrected chi connectivity index (χ0v) is 18.1. The van der Waals surface area contributed by atoms with Crippen LogP contribution < -0.4 is 0 Å². The molecule has 0 spiro atoms. The van der Waals surface area contributed by atoms with Gasteiger partial charge in [-0.3, -0.25) is 9.36 Å². The Labute approximate surface area is 184 Å². The van der Waals surface area contributed by atoms with E-state index < -0.39 is 0 Å². The second kappa shape index (κ2) is 9.20. The van der Waals surface area contributed by atoms with Crippen molar-refractivity contribution >= 4 is 40.9 Å². The molecule has 1 saturated heterocycles. The highest BCUT2D eigenvalue weighted by Gasteiger charge is 2.20. The van der Waals surface area contributed by atoms with E-state index in [1.165, 1.54) is 18.2 Å². The van der Waals surface area contributed by atoms with E-state index in [1.807, 2.05) is 58.0 Å². The Bertz CT molecular complexity index is 983. The molecule has 29 heavy (non-hydrogen) atoms. The molecule has 1 aliphatic heterocycles. The lowest BCUT2D eigenvalue weighted by Crippen LogP contribution is -2.36. The summed E-state index contributed by atoms with van der Waals surface area (Å²) < 4.78 is 1.95. The van der Waals surface area contributed by atoms with Crippen LogP contribution in [-0.2, 0) is 4.79 Å². The largest absolute Gasteiger partial charge is 0.342 e. The van der Waals surface area contributed by atoms with Gasteiger partial charge in [0.1, 0.15) is 0 Å². The highest BCUT2D eigenvalue weighted by atomic mass is 35.5. The van der Waals surface area contributed by atoms with Crippen LogP contribution in [0, 0.1) is 0 Å². The van der Waals surface area contributed by atoms with Crippen LogP contribution >= 0.6 is 35.0 Å². The Balaban J connectivity index is 1.63. The van der Waals surface area contributed by atoms with Crippen molar-refractivity contribution in [2.75, 3.05) is 18.8 Å². The molecule has 0 radical (unpaired) electrons. The fraction of sp³-hybridized carbons (Fsp3) is 0.286. The van der Waals surface area contributed by atoms with Gasteiger partial charge in [0.15, 0.2) is 11.0 Å². The van der Waals surface area contributed by atoms with Gasteiger partial charge < -0.3 is 4.90 Å². The number of hydrogen-bond donors (Lipinski definition) is 0. The molecule has 1 amide bonds. The van der Waals surface area contributed by atoms with Gasteiger partial charge in [0.25, 0.3) is 0 Å². The highest BCUT2D eigenvalue weighted by molar-refractivity contribution is 7.99. The average molecular weight is 447 g/mol. The molecule has 0 unspecified atom stereocenters. The number of piperidine rings is 1. The predicted octanol–water partition coefficient (Wildman–Crippen LogP) is 5.35. The van der Waals surface area contributed by atoms with Gasteiger partial charge in [0.2, 0.25) is 5.91 Å². The second-order valence-corrected chi connectivity index (χ2v) is 8.67. The van der Waals surface area contributed by atoms with Gasteiger partial charge in [-0.2, -0.15) is 0 Å². The molecule has 1 aliphatic rings. The molecule has 1 fully saturated rings. The van der Waals surface area contributed by atoms with Crippen LogP contribution in [0.1, 0.15) is 19.3 Å². The molecule has 150 valence electrons. The molecular formula is C21H20Cl2N4OS. The topological polar surface area (TPSA) is 51.0 Å². The Morgan fingerprint density at radius 1 is 0.897 bits per heavy atom. The summed E-state index contributed by atoms with van der Waals surface area (Å²) in [6, 6.07) is 15.0. The van der Waals surface area contributed by atoms with Gasteiger partial charge in [-0.25, -0.2) is 0 Å². The summed E-state index contributed by atoms with van der Waals surface area (Å²) in [5.41, 5.74) is 1.78. The first-order valence-corrected chi connectivity index (χ1v) is 11.2. The van der Waals surface area contributed by atoms with Crippen LogP contribution in [0.2, 0.25) is 10.0 Å². The molecule has 2 heterocycles. The highest BCUT2D eigenvalue weighted by Crippen LogP contribution is 2.29. The predicted molar refractivity (Wildman–Crippen MR) is 118 cm³/mol. The van der Waals surface area contributed by atoms with E-state index >= 15 is 0 Å². The number of nitrogens with zero attached hydrogens (tertiary/aromatic N) is 4. The van der Waals surface area contributed by atoms with Crippen molar-refractivity contribution in [1.82, 2.24) is 19.7 Å². The van der Waals surface area contributed by atoms with Crippen LogP contribution in [-0.4, -0.2) is 44.4 Å². The van der Waals surface area contributed by atoms with Crippen molar-refractivity contribution in [3.63, 3.8) is 0 Å². The van der Waals surface area contributed by atoms with Gasteiger partial charge in [-0.1, -0.05) is 35.0 Å². The van der Waals surface area contributed by atoms with Crippen LogP contribution in [0.25, 0.3) is 17.1 Å². The van der Waals surface area contributed by atoms with Crippen LogP contribution in [0.5, 0.6) is 0 Å². The summed E-state index contributed by atoms with van der Waals surface area (Å²) in [7, 11) is 0. The lowest BCUT2D eigenvalue weighted by Gasteiger charge is -2.26. The number of halogens is 2. The third-order valence-corrected chi connectivity index (χ3v) is 6.27. The third-order valence-electron chi connectivity index (χ3n) is 4.85. The smallest absolute Gasteiger partial charge is 0.233 e. The number of benzene rings is 2. The third kappa shape index (κ3) is 4.77. The molecular weight excluding hydrogens is 427 g/mol. The summed E-state index contributed by atoms with van der Waals surface area (Å²) in [6.07, 6.45) is 3.36. The van der Waals surface area contributed by atoms with E-state index in [-0.39, 0.29) is 5.91 Å². The van der Waals surface area contributed by atoms with Crippen molar-refractivity contribution in [3.8, 4) is 17.1 Å². The minimum Gasteiger partial charge on any atom is -0.342 e. The number of amides is 1. The first kappa shape index (κ1) is 20.3. The number of carbonyl (C=O) groups excluding carboxylic acids is 1. The standard InChI is InChI=1S/C21H20Cl2N4OS/c22-16-6-4-15(5-7-16)20-24-25-21(27(20)18-10-8-17(23)9-11-18)29-14-19(28)26-12-2-1-3-13-26/h4-11H,1-3,12-14H2. The summed E-state index contributed by atoms with van der Waals surface area (Å²) in [6.45, 7) is 1.69. The van der Waals surface area contributed by atoms with Crippen LogP contribution in [0.3, 0.4) is 0 Å². The maximum Gasteiger partial charge on any atom is 0.233 e. The molecule has 0 N–H and O–H groups in total. The molecule has 1 aromatic heterocycles. The first-order valence-electron chi connectivity index (χ1n) is 9.50. The quantitative estimate of drug-likeness (QED) is 0.495. The first-order chi connectivity index (χ1) is 14.1. The molecule has 0 saturated carbocycles. The number of carbonyl (C=O) groups is 1. The number of hydrogen-bond acceptors (Lipinski definition) is 4. The second-order valence-electron chi connectivity index (χ2n) is 6.86. The van der Waals surface area contributed by atoms with Crippen LogP contribution in [0.15, 0.2) is 53.7 Å². The van der Waals surface area contributed by atoms with E-state index in [2.05, 4.69) is 10.2 Å². The van der Waals surface area contributed by atoms with Gasteiger partial charge in [0, 0.05) is 34.4 Å². The molecule has 5 nitrogen and oxygen atoms in total. The van der Waals surface area contributed by atoms with Crippen molar-refractivity contribution in [2.45, 2.75) is 24.4 Å². The van der Waals surface area contributed by atoms with Gasteiger partial charge in [0.05, 0.1) is 5.75 Å². The van der Waals surface area contributed by atoms with E-state index in [9.17, 15) is 4.79 Å². The Morgan fingerprint density at radius 2 is 1.52 bits per heavy atom. The number of thioether (sulfide) groups is 1. The van der Waals surface area contributed by atoms with Gasteiger partial charge in [-0.05, 0) is 67.8 Å². The molecule has 0 atom stereocenters. The Hall–Kier alpha value is -2.02. The van der Waals surface area contributed by atoms with Crippen molar-refractivity contribution < 1.29 is 4.79 Å². The maximum atomic E-state index is 12.6. The summed E-state index contributed by atoms with van der Waals surface area (Å²) in [5.74, 6) is 1.18. The van der Waals surface area contributed by atoms with Crippen molar-refractivity contribution in [1.29, 1.82) is 0 Å². The lowest BCUT2D eigenvalue weighted by atomic mass is 10.1. The van der Waals surface area contributed by atoms with Crippen molar-refractivity contribution in [3.05, 3.63) is 58.6 Å². The summed E-state index contributed by atoms with van der Waals surface area (Å²) in [5, 5.41) is 10.8. The number of aromatic nitrogens is 3. The normalized spacial score (nSPS) is 14.2. The van der Waals surface area contributed by atoms with E-state index in [0.29, 0.717) is 26.8 Å². The molecule has 3 aromatic rings. The van der Waals surface area contributed by atoms with Crippen molar-refractivity contribution in [2.24, 2.45) is 0 Å². The SMILES string of the molecule is O=C(CSc1nnc(-c2ccc(Cl)cc2)n1-c1ccc(Cl)cc1)N1CCCCC1. The fourth-order valence-electron chi connectivity index (χ4n) is 3.33. The van der Waals surface area contributed by atoms with E-state index in [1.54, 1.807) is 0 Å². The monoisotopic (exact) mass is 446 g/mol. The summed E-state index contributed by atoms with van der Waals surface area (Å²) >= 11 is 13.5.